The van der Waals surface area contributed by atoms with Gasteiger partial charge in [0.15, 0.2) is 0 Å². The predicted molar refractivity (Wildman–Crippen MR) is 298 cm³/mol. The molecule has 19 heteroatoms. The fraction of sp³-hybridized carbons (Fsp3) is 1.00. The minimum atomic E-state index is -0.939. The molecule has 15 nitrogen and oxygen atoms in total. The van der Waals surface area contributed by atoms with Crippen LogP contribution in [0.5, 0.6) is 0 Å². The van der Waals surface area contributed by atoms with Crippen molar-refractivity contribution in [1.82, 2.24) is 0 Å². The molecule has 2 unspecified atom stereocenters. The van der Waals surface area contributed by atoms with Crippen LogP contribution in [0, 0.1) is 0 Å². The Balaban J connectivity index is 5.17. The Bertz CT molecular complexity index is 980. The second kappa shape index (κ2) is 47.3. The van der Waals surface area contributed by atoms with Crippen LogP contribution in [0.15, 0.2) is 0 Å². The molecule has 0 saturated heterocycles. The molecule has 0 aliphatic heterocycles. The molecule has 0 fully saturated rings. The van der Waals surface area contributed by atoms with Crippen molar-refractivity contribution in [2.75, 3.05) is 226 Å². The summed E-state index contributed by atoms with van der Waals surface area (Å²) in [6, 6.07) is 0. The number of hydrogen-bond donors (Lipinski definition) is 8. The maximum atomic E-state index is 9.46. The Morgan fingerprint density at radius 3 is 0.667 bits per heavy atom. The molecule has 0 aromatic heterocycles. The summed E-state index contributed by atoms with van der Waals surface area (Å²) in [7, 11) is -3.71. The van der Waals surface area contributed by atoms with Gasteiger partial charge in [-0.2, -0.15) is 0 Å². The highest BCUT2D eigenvalue weighted by atomic mass is 32.3. The van der Waals surface area contributed by atoms with E-state index in [2.05, 4.69) is 25.0 Å². The summed E-state index contributed by atoms with van der Waals surface area (Å²) in [5.41, 5.74) is 0. The van der Waals surface area contributed by atoms with E-state index >= 15 is 0 Å². The van der Waals surface area contributed by atoms with Gasteiger partial charge in [-0.3, -0.25) is 0 Å². The largest absolute Gasteiger partial charge is 0.396 e. The summed E-state index contributed by atoms with van der Waals surface area (Å²) >= 11 is 0. The van der Waals surface area contributed by atoms with Crippen LogP contribution in [0.2, 0.25) is 0 Å². The van der Waals surface area contributed by atoms with E-state index in [1.165, 1.54) is 0 Å². The molecule has 0 aromatic carbocycles. The average molecular weight is 1080 g/mol. The van der Waals surface area contributed by atoms with Gasteiger partial charge in [0.2, 0.25) is 0 Å². The SMILES string of the molecule is CS(CCCO)(CCCO)CCCOCC(COCCOCCOCC(COCCCS(C)(CCCO)CCCO)OCCCS(C)(CCCO)CCCO)OCCCS(C)(CCCO)CCCO. The van der Waals surface area contributed by atoms with Gasteiger partial charge in [0.05, 0.1) is 52.9 Å². The maximum absolute atomic E-state index is 9.46. The van der Waals surface area contributed by atoms with Crippen molar-refractivity contribution in [3.05, 3.63) is 0 Å². The first kappa shape index (κ1) is 69.8. The number of ether oxygens (including phenoxy) is 7. The molecule has 424 valence electrons. The highest BCUT2D eigenvalue weighted by molar-refractivity contribution is 8.34. The average Bonchev–Trinajstić information content (AvgIpc) is 3.35. The zero-order chi connectivity index (χ0) is 51.2. The second-order valence-electron chi connectivity index (χ2n) is 19.3. The lowest BCUT2D eigenvalue weighted by Crippen LogP contribution is -2.28. The first-order valence-corrected chi connectivity index (χ1v) is 36.4. The zero-order valence-corrected chi connectivity index (χ0v) is 47.6. The molecular formula is C50H110O15S4. The molecule has 0 amide bonds. The van der Waals surface area contributed by atoms with Crippen LogP contribution >= 0.6 is 40.1 Å². The predicted octanol–water partition coefficient (Wildman–Crippen LogP) is 4.20. The van der Waals surface area contributed by atoms with Crippen LogP contribution in [0.3, 0.4) is 0 Å². The Hall–Kier alpha value is 0.800. The van der Waals surface area contributed by atoms with Crippen molar-refractivity contribution in [1.29, 1.82) is 0 Å². The first-order valence-electron chi connectivity index (χ1n) is 26.2. The molecule has 0 aliphatic rings. The van der Waals surface area contributed by atoms with Crippen molar-refractivity contribution in [3.63, 3.8) is 0 Å². The molecule has 0 rings (SSSR count). The second-order valence-corrected chi connectivity index (χ2v) is 36.0. The van der Waals surface area contributed by atoms with E-state index in [0.717, 1.165) is 146 Å². The lowest BCUT2D eigenvalue weighted by molar-refractivity contribution is -0.0762. The Labute approximate surface area is 427 Å². The quantitative estimate of drug-likeness (QED) is 0.0400. The van der Waals surface area contributed by atoms with Gasteiger partial charge in [0.1, 0.15) is 12.2 Å². The van der Waals surface area contributed by atoms with Gasteiger partial charge in [0, 0.05) is 79.3 Å². The van der Waals surface area contributed by atoms with Crippen LogP contribution in [0.4, 0.5) is 0 Å². The maximum Gasteiger partial charge on any atom is 0.104 e. The van der Waals surface area contributed by atoms with Crippen LogP contribution < -0.4 is 0 Å². The normalized spacial score (nSPS) is 14.7. The molecule has 69 heavy (non-hydrogen) atoms. The molecule has 8 N–H and O–H groups in total. The van der Waals surface area contributed by atoms with Gasteiger partial charge in [-0.15, -0.1) is 0 Å². The van der Waals surface area contributed by atoms with Crippen LogP contribution in [-0.4, -0.2) is 279 Å². The van der Waals surface area contributed by atoms with Crippen molar-refractivity contribution in [2.45, 2.75) is 89.3 Å². The van der Waals surface area contributed by atoms with Crippen molar-refractivity contribution < 1.29 is 74.0 Å². The number of aliphatic hydroxyl groups is 8. The molecule has 2 atom stereocenters. The standard InChI is InChI=1S/C50H110O15S4/c1-66(33-5-17-51,34-6-18-52)41-13-25-60-45-49(64-27-15-43-68(3,37-9-21-55)38-10-22-56)47-62-31-29-59-30-32-63-48-50(65-28-16-44-69(4,39-11-23-57)40-12-24-58)46-61-26-14-42-67(2,35-7-19-53)36-8-20-54/h49-58H,5-48H2,1-4H3. The van der Waals surface area contributed by atoms with E-state index in [9.17, 15) is 40.9 Å². The van der Waals surface area contributed by atoms with E-state index in [4.69, 9.17) is 33.2 Å². The van der Waals surface area contributed by atoms with Gasteiger partial charge in [-0.05, 0) is 171 Å². The number of aliphatic hydroxyl groups excluding tert-OH is 8. The summed E-state index contributed by atoms with van der Waals surface area (Å²) in [5.74, 6) is 12.1. The zero-order valence-electron chi connectivity index (χ0n) is 44.3. The minimum Gasteiger partial charge on any atom is -0.396 e. The van der Waals surface area contributed by atoms with Crippen molar-refractivity contribution in [3.8, 4) is 0 Å². The van der Waals surface area contributed by atoms with Crippen molar-refractivity contribution >= 4 is 40.1 Å². The van der Waals surface area contributed by atoms with E-state index in [0.29, 0.717) is 79.3 Å². The van der Waals surface area contributed by atoms with Gasteiger partial charge >= 0.3 is 0 Å². The molecule has 0 aromatic rings. The van der Waals surface area contributed by atoms with E-state index < -0.39 is 40.1 Å². The van der Waals surface area contributed by atoms with Crippen molar-refractivity contribution in [2.24, 2.45) is 0 Å². The first-order chi connectivity index (χ1) is 33.3. The van der Waals surface area contributed by atoms with Crippen LogP contribution in [0.1, 0.15) is 77.0 Å². The topological polar surface area (TPSA) is 226 Å². The monoisotopic (exact) mass is 1080 g/mol. The molecule has 0 aliphatic carbocycles. The molecule has 0 radical (unpaired) electrons. The lowest BCUT2D eigenvalue weighted by Gasteiger charge is -2.36. The Morgan fingerprint density at radius 1 is 0.246 bits per heavy atom. The molecule has 0 bridgehead atoms. The highest BCUT2D eigenvalue weighted by Crippen LogP contribution is 2.48. The molecular weight excluding hydrogens is 969 g/mol. The van der Waals surface area contributed by atoms with Gasteiger partial charge in [0.25, 0.3) is 0 Å². The lowest BCUT2D eigenvalue weighted by atomic mass is 10.4. The number of hydrogen-bond acceptors (Lipinski definition) is 15. The molecule has 0 heterocycles. The number of rotatable bonds is 56. The highest BCUT2D eigenvalue weighted by Gasteiger charge is 2.22. The summed E-state index contributed by atoms with van der Waals surface area (Å²) in [6.07, 6.45) is 18.7. The summed E-state index contributed by atoms with van der Waals surface area (Å²) in [6.45, 7) is 7.13. The Kier molecular flexibility index (Phi) is 47.8. The van der Waals surface area contributed by atoms with Crippen LogP contribution in [-0.2, 0) is 33.2 Å². The fourth-order valence-electron chi connectivity index (χ4n) is 8.35. The van der Waals surface area contributed by atoms with Gasteiger partial charge in [-0.25, -0.2) is 40.1 Å². The van der Waals surface area contributed by atoms with Crippen LogP contribution in [0.25, 0.3) is 0 Å². The summed E-state index contributed by atoms with van der Waals surface area (Å²) in [4.78, 5) is 0. The minimum absolute atomic E-state index is 0.187. The van der Waals surface area contributed by atoms with E-state index in [1.807, 2.05) is 0 Å². The summed E-state index contributed by atoms with van der Waals surface area (Å²) in [5, 5.41) is 75.6. The van der Waals surface area contributed by atoms with Gasteiger partial charge in [-0.1, -0.05) is 0 Å². The fourth-order valence-corrected chi connectivity index (χ4v) is 20.7. The van der Waals surface area contributed by atoms with E-state index in [1.54, 1.807) is 0 Å². The molecule has 0 saturated carbocycles. The Morgan fingerprint density at radius 2 is 0.435 bits per heavy atom. The van der Waals surface area contributed by atoms with E-state index in [-0.39, 0.29) is 65.1 Å². The van der Waals surface area contributed by atoms with Gasteiger partial charge < -0.3 is 74.0 Å². The third-order valence-corrected chi connectivity index (χ3v) is 27.7. The smallest absolute Gasteiger partial charge is 0.104 e. The third kappa shape index (κ3) is 40.7. The third-order valence-electron chi connectivity index (χ3n) is 12.4. The summed E-state index contributed by atoms with van der Waals surface area (Å²) < 4.78 is 43.0. The molecule has 0 spiro atoms.